The Morgan fingerprint density at radius 2 is 2.16 bits per heavy atom. The minimum Gasteiger partial charge on any atom is -0.444 e. The maximum Gasteiger partial charge on any atom is 0.410 e. The molecular weight excluding hydrogens is 462 g/mol. The number of anilines is 1. The zero-order valence-electron chi connectivity index (χ0n) is 18.1. The molecule has 1 aliphatic heterocycles. The molecule has 3 aromatic heterocycles. The Labute approximate surface area is 189 Å². The number of aryl methyl sites for hydroxylation is 1. The largest absolute Gasteiger partial charge is 0.444 e. The summed E-state index contributed by atoms with van der Waals surface area (Å²) in [5.74, 6) is 0.502. The molecule has 166 valence electrons. The van der Waals surface area contributed by atoms with Gasteiger partial charge in [0.15, 0.2) is 5.65 Å². The summed E-state index contributed by atoms with van der Waals surface area (Å²) in [7, 11) is 0. The lowest BCUT2D eigenvalue weighted by molar-refractivity contribution is 0.00887. The fourth-order valence-corrected chi connectivity index (χ4v) is 4.43. The van der Waals surface area contributed by atoms with Crippen molar-refractivity contribution in [3.8, 4) is 11.1 Å². The number of hydrogen-bond donors (Lipinski definition) is 2. The highest BCUT2D eigenvalue weighted by atomic mass is 79.9. The number of nitrogens with one attached hydrogen (secondary N) is 1. The van der Waals surface area contributed by atoms with E-state index < -0.39 is 5.60 Å². The van der Waals surface area contributed by atoms with Gasteiger partial charge in [0.2, 0.25) is 0 Å². The van der Waals surface area contributed by atoms with E-state index in [9.17, 15) is 4.79 Å². The van der Waals surface area contributed by atoms with Gasteiger partial charge < -0.3 is 15.4 Å². The molecule has 0 spiro atoms. The van der Waals surface area contributed by atoms with Crippen molar-refractivity contribution in [3.05, 3.63) is 28.8 Å². The minimum absolute atomic E-state index is 0.119. The number of likely N-dealkylation sites (tertiary alicyclic amines) is 1. The Morgan fingerprint density at radius 3 is 2.87 bits per heavy atom. The number of ether oxygens (including phenoxy) is 1. The van der Waals surface area contributed by atoms with Crippen LogP contribution in [-0.4, -0.2) is 54.0 Å². The van der Waals surface area contributed by atoms with Gasteiger partial charge >= 0.3 is 6.09 Å². The lowest BCUT2D eigenvalue weighted by Gasteiger charge is -2.36. The molecule has 31 heavy (non-hydrogen) atoms. The number of nitrogen functional groups attached to an aromatic ring is 1. The predicted molar refractivity (Wildman–Crippen MR) is 122 cm³/mol. The number of nitrogens with zero attached hydrogens (tertiary/aromatic N) is 5. The number of nitrogens with two attached hydrogens (primary N) is 1. The fourth-order valence-electron chi connectivity index (χ4n) is 3.98. The number of carbonyl (C=O) groups excluding carboxylic acids is 1. The van der Waals surface area contributed by atoms with Gasteiger partial charge in [-0.3, -0.25) is 5.10 Å². The van der Waals surface area contributed by atoms with Crippen LogP contribution in [0.3, 0.4) is 0 Å². The van der Waals surface area contributed by atoms with Gasteiger partial charge in [-0.2, -0.15) is 14.7 Å². The molecular formula is C21H28BrN7O2. The van der Waals surface area contributed by atoms with Crippen LogP contribution in [0.5, 0.6) is 0 Å². The van der Waals surface area contributed by atoms with E-state index in [4.69, 9.17) is 15.5 Å². The van der Waals surface area contributed by atoms with E-state index in [2.05, 4.69) is 31.2 Å². The zero-order valence-corrected chi connectivity index (χ0v) is 19.6. The molecule has 3 N–H and O–H groups in total. The highest BCUT2D eigenvalue weighted by molar-refractivity contribution is 9.10. The van der Waals surface area contributed by atoms with Crippen molar-refractivity contribution in [2.24, 2.45) is 0 Å². The van der Waals surface area contributed by atoms with Gasteiger partial charge in [-0.05, 0) is 68.8 Å². The maximum atomic E-state index is 12.7. The minimum atomic E-state index is -0.505. The summed E-state index contributed by atoms with van der Waals surface area (Å²) >= 11 is 3.60. The van der Waals surface area contributed by atoms with Crippen molar-refractivity contribution >= 4 is 33.5 Å². The third-order valence-corrected chi connectivity index (χ3v) is 6.33. The average Bonchev–Trinajstić information content (AvgIpc) is 3.38. The molecule has 1 fully saturated rings. The second kappa shape index (κ2) is 8.49. The number of aromatic amines is 1. The molecule has 4 heterocycles. The Balaban J connectivity index is 1.57. The number of aromatic nitrogens is 5. The van der Waals surface area contributed by atoms with Crippen LogP contribution < -0.4 is 5.73 Å². The quantitative estimate of drug-likeness (QED) is 0.567. The van der Waals surface area contributed by atoms with Gasteiger partial charge in [0, 0.05) is 29.9 Å². The number of halogens is 1. The first-order valence-electron chi connectivity index (χ1n) is 10.5. The van der Waals surface area contributed by atoms with Gasteiger partial charge in [0.1, 0.15) is 11.4 Å². The maximum absolute atomic E-state index is 12.7. The third-order valence-electron chi connectivity index (χ3n) is 5.47. The second-order valence-corrected chi connectivity index (χ2v) is 9.69. The lowest BCUT2D eigenvalue weighted by Crippen LogP contribution is -2.46. The number of hydrogen-bond acceptors (Lipinski definition) is 6. The van der Waals surface area contributed by atoms with E-state index in [1.807, 2.05) is 25.7 Å². The van der Waals surface area contributed by atoms with Gasteiger partial charge in [-0.25, -0.2) is 9.78 Å². The normalized spacial score (nSPS) is 17.3. The van der Waals surface area contributed by atoms with Crippen LogP contribution in [0.25, 0.3) is 16.8 Å². The highest BCUT2D eigenvalue weighted by Crippen LogP contribution is 2.31. The number of rotatable bonds is 4. The second-order valence-electron chi connectivity index (χ2n) is 8.90. The van der Waals surface area contributed by atoms with E-state index in [0.29, 0.717) is 17.9 Å². The standard InChI is InChI=1S/C21H28BrN7O2/c1-21(2,3)31-20(30)28-9-5-4-6-14(28)7-8-16-17(22)18(23)29-19(27-16)15(12-26-29)13-10-24-25-11-13/h10-12,14H,4-9,23H2,1-3H3,(H,24,25). The molecule has 1 aliphatic rings. The summed E-state index contributed by atoms with van der Waals surface area (Å²) in [4.78, 5) is 19.4. The molecule has 1 atom stereocenters. The van der Waals surface area contributed by atoms with Crippen molar-refractivity contribution in [1.82, 2.24) is 29.7 Å². The van der Waals surface area contributed by atoms with Gasteiger partial charge in [-0.1, -0.05) is 0 Å². The summed E-state index contributed by atoms with van der Waals surface area (Å²) in [5, 5.41) is 11.2. The van der Waals surface area contributed by atoms with E-state index in [1.165, 1.54) is 0 Å². The van der Waals surface area contributed by atoms with Gasteiger partial charge in [0.25, 0.3) is 0 Å². The molecule has 1 saturated heterocycles. The van der Waals surface area contributed by atoms with Crippen LogP contribution in [0.2, 0.25) is 0 Å². The number of amides is 1. The molecule has 0 radical (unpaired) electrons. The Bertz CT molecular complexity index is 1070. The van der Waals surface area contributed by atoms with Crippen LogP contribution in [0.15, 0.2) is 23.1 Å². The first kappa shape index (κ1) is 21.6. The fraction of sp³-hybridized carbons (Fsp3) is 0.524. The van der Waals surface area contributed by atoms with Gasteiger partial charge in [-0.15, -0.1) is 0 Å². The molecule has 0 aromatic carbocycles. The number of H-pyrrole nitrogens is 1. The van der Waals surface area contributed by atoms with Gasteiger partial charge in [0.05, 0.1) is 22.6 Å². The van der Waals surface area contributed by atoms with E-state index in [1.54, 1.807) is 23.1 Å². The van der Waals surface area contributed by atoms with E-state index in [0.717, 1.165) is 53.5 Å². The SMILES string of the molecule is CC(C)(C)OC(=O)N1CCCCC1CCc1nc2c(-c3cn[nH]c3)cnn2c(N)c1Br. The smallest absolute Gasteiger partial charge is 0.410 e. The van der Waals surface area contributed by atoms with Crippen molar-refractivity contribution in [3.63, 3.8) is 0 Å². The summed E-state index contributed by atoms with van der Waals surface area (Å²) in [5.41, 5.74) is 9.14. The Kier molecular flexibility index (Phi) is 5.92. The summed E-state index contributed by atoms with van der Waals surface area (Å²) in [6.45, 7) is 6.41. The van der Waals surface area contributed by atoms with Crippen molar-refractivity contribution in [1.29, 1.82) is 0 Å². The molecule has 0 bridgehead atoms. The zero-order chi connectivity index (χ0) is 22.2. The molecule has 0 saturated carbocycles. The molecule has 3 aromatic rings. The van der Waals surface area contributed by atoms with Crippen LogP contribution in [0.4, 0.5) is 10.6 Å². The number of carbonyl (C=O) groups is 1. The summed E-state index contributed by atoms with van der Waals surface area (Å²) in [6.07, 6.45) is 9.57. The monoisotopic (exact) mass is 489 g/mol. The van der Waals surface area contributed by atoms with Crippen LogP contribution in [0, 0.1) is 0 Å². The van der Waals surface area contributed by atoms with Crippen LogP contribution in [-0.2, 0) is 11.2 Å². The molecule has 9 nitrogen and oxygen atoms in total. The Morgan fingerprint density at radius 1 is 1.35 bits per heavy atom. The molecule has 0 aliphatic carbocycles. The average molecular weight is 490 g/mol. The summed E-state index contributed by atoms with van der Waals surface area (Å²) < 4.78 is 7.99. The Hall–Kier alpha value is -2.62. The molecule has 4 rings (SSSR count). The number of fused-ring (bicyclic) bond motifs is 1. The van der Waals surface area contributed by atoms with Crippen molar-refractivity contribution < 1.29 is 9.53 Å². The first-order valence-corrected chi connectivity index (χ1v) is 11.3. The van der Waals surface area contributed by atoms with Crippen LogP contribution >= 0.6 is 15.9 Å². The van der Waals surface area contributed by atoms with Crippen molar-refractivity contribution in [2.75, 3.05) is 12.3 Å². The summed E-state index contributed by atoms with van der Waals surface area (Å²) in [6, 6.07) is 0.119. The lowest BCUT2D eigenvalue weighted by atomic mass is 9.97. The first-order chi connectivity index (χ1) is 14.7. The van der Waals surface area contributed by atoms with E-state index >= 15 is 0 Å². The molecule has 1 amide bonds. The molecule has 1 unspecified atom stereocenters. The van der Waals surface area contributed by atoms with E-state index in [-0.39, 0.29) is 12.1 Å². The van der Waals surface area contributed by atoms with Crippen molar-refractivity contribution in [2.45, 2.75) is 64.5 Å². The topological polar surface area (TPSA) is 114 Å². The molecule has 10 heteroatoms. The number of piperidine rings is 1. The highest BCUT2D eigenvalue weighted by Gasteiger charge is 2.30. The predicted octanol–water partition coefficient (Wildman–Crippen LogP) is 4.19. The van der Waals surface area contributed by atoms with Crippen LogP contribution in [0.1, 0.15) is 52.1 Å². The third kappa shape index (κ3) is 4.53.